The zero-order valence-electron chi connectivity index (χ0n) is 17.3. The lowest BCUT2D eigenvalue weighted by molar-refractivity contribution is 0.0748. The van der Waals surface area contributed by atoms with E-state index in [-0.39, 0.29) is 5.60 Å². The molecule has 0 bridgehead atoms. The molecule has 138 valence electrons. The highest BCUT2D eigenvalue weighted by Crippen LogP contribution is 2.45. The average molecular weight is 335 g/mol. The van der Waals surface area contributed by atoms with E-state index in [0.717, 1.165) is 30.3 Å². The number of methoxy groups -OCH3 is 1. The van der Waals surface area contributed by atoms with Crippen LogP contribution in [0.25, 0.3) is 6.08 Å². The molecule has 1 saturated carbocycles. The molecule has 2 atom stereocenters. The summed E-state index contributed by atoms with van der Waals surface area (Å²) in [5.41, 5.74) is 2.51. The van der Waals surface area contributed by atoms with E-state index in [0.29, 0.717) is 0 Å². The van der Waals surface area contributed by atoms with Crippen molar-refractivity contribution in [1.82, 2.24) is 0 Å². The summed E-state index contributed by atoms with van der Waals surface area (Å²) in [6, 6.07) is 6.07. The number of ether oxygens (including phenoxy) is 2. The van der Waals surface area contributed by atoms with E-state index in [4.69, 9.17) is 9.47 Å². The molecule has 0 amide bonds. The van der Waals surface area contributed by atoms with Crippen LogP contribution in [0.15, 0.2) is 23.8 Å². The maximum absolute atomic E-state index is 6.29. The van der Waals surface area contributed by atoms with Gasteiger partial charge < -0.3 is 9.47 Å². The van der Waals surface area contributed by atoms with Crippen LogP contribution in [0.2, 0.25) is 0 Å². The summed E-state index contributed by atoms with van der Waals surface area (Å²) >= 11 is 0. The molecular formula is C22H38O2. The first-order chi connectivity index (χ1) is 11.6. The Kier molecular flexibility index (Phi) is 10.5. The van der Waals surface area contributed by atoms with Crippen LogP contribution in [-0.4, -0.2) is 12.7 Å². The first-order valence-corrected chi connectivity index (χ1v) is 9.69. The van der Waals surface area contributed by atoms with Crippen molar-refractivity contribution in [3.63, 3.8) is 0 Å². The summed E-state index contributed by atoms with van der Waals surface area (Å²) in [6.45, 7) is 16.5. The smallest absolute Gasteiger partial charge is 0.131 e. The van der Waals surface area contributed by atoms with Gasteiger partial charge in [0.05, 0.1) is 7.11 Å². The molecule has 2 nitrogen and oxygen atoms in total. The van der Waals surface area contributed by atoms with Crippen molar-refractivity contribution in [2.75, 3.05) is 7.11 Å². The van der Waals surface area contributed by atoms with Gasteiger partial charge in [-0.2, -0.15) is 0 Å². The summed E-state index contributed by atoms with van der Waals surface area (Å²) in [7, 11) is 1.69. The molecule has 1 aliphatic heterocycles. The molecule has 1 heterocycles. The van der Waals surface area contributed by atoms with E-state index in [1.807, 2.05) is 53.7 Å². The van der Waals surface area contributed by atoms with E-state index >= 15 is 0 Å². The van der Waals surface area contributed by atoms with Gasteiger partial charge in [0.15, 0.2) is 0 Å². The van der Waals surface area contributed by atoms with Crippen molar-refractivity contribution in [1.29, 1.82) is 0 Å². The summed E-state index contributed by atoms with van der Waals surface area (Å²) in [5.74, 6) is 2.55. The summed E-state index contributed by atoms with van der Waals surface area (Å²) in [6.07, 6.45) is 5.85. The summed E-state index contributed by atoms with van der Waals surface area (Å²) in [5, 5.41) is 0. The molecule has 0 radical (unpaired) electrons. The second-order valence-electron chi connectivity index (χ2n) is 5.75. The topological polar surface area (TPSA) is 18.5 Å². The molecule has 0 saturated heterocycles. The van der Waals surface area contributed by atoms with Gasteiger partial charge in [0, 0.05) is 11.6 Å². The van der Waals surface area contributed by atoms with Gasteiger partial charge in [0.25, 0.3) is 0 Å². The van der Waals surface area contributed by atoms with E-state index in [1.165, 1.54) is 17.6 Å². The molecule has 0 aromatic heterocycles. The molecule has 2 aliphatic rings. The van der Waals surface area contributed by atoms with Crippen LogP contribution in [0.1, 0.15) is 80.2 Å². The van der Waals surface area contributed by atoms with Crippen molar-refractivity contribution in [3.05, 3.63) is 29.3 Å². The molecule has 24 heavy (non-hydrogen) atoms. The van der Waals surface area contributed by atoms with Gasteiger partial charge in [-0.25, -0.2) is 0 Å². The molecule has 2 heteroatoms. The number of hydrogen-bond acceptors (Lipinski definition) is 2. The minimum atomic E-state index is -0.114. The van der Waals surface area contributed by atoms with Crippen LogP contribution in [0.3, 0.4) is 0 Å². The van der Waals surface area contributed by atoms with Gasteiger partial charge in [0.1, 0.15) is 17.1 Å². The summed E-state index contributed by atoms with van der Waals surface area (Å²) < 4.78 is 11.6. The highest BCUT2D eigenvalue weighted by molar-refractivity contribution is 5.66. The minimum Gasteiger partial charge on any atom is -0.497 e. The molecular weight excluding hydrogens is 296 g/mol. The van der Waals surface area contributed by atoms with E-state index in [1.54, 1.807) is 7.11 Å². The van der Waals surface area contributed by atoms with Crippen LogP contribution in [-0.2, 0) is 0 Å². The SMILES string of the molecule is CC.CC.CC.COc1ccc2c(c1)O[C@@]1(C)C[C@@H](C)CCC1=C2. The van der Waals surface area contributed by atoms with Crippen LogP contribution in [0, 0.1) is 5.92 Å². The Morgan fingerprint density at radius 3 is 2.29 bits per heavy atom. The molecule has 0 spiro atoms. The van der Waals surface area contributed by atoms with Crippen molar-refractivity contribution in [3.8, 4) is 11.5 Å². The normalized spacial score (nSPS) is 23.0. The fraction of sp³-hybridized carbons (Fsp3) is 0.636. The molecule has 1 aromatic carbocycles. The average Bonchev–Trinajstić information content (AvgIpc) is 2.64. The number of rotatable bonds is 1. The van der Waals surface area contributed by atoms with E-state index in [2.05, 4.69) is 26.0 Å². The quantitative estimate of drug-likeness (QED) is 0.544. The highest BCUT2D eigenvalue weighted by Gasteiger charge is 2.39. The van der Waals surface area contributed by atoms with Gasteiger partial charge in [-0.15, -0.1) is 0 Å². The highest BCUT2D eigenvalue weighted by atomic mass is 16.5. The third-order valence-electron chi connectivity index (χ3n) is 4.21. The lowest BCUT2D eigenvalue weighted by Gasteiger charge is -2.42. The third-order valence-corrected chi connectivity index (χ3v) is 4.21. The lowest BCUT2D eigenvalue weighted by Crippen LogP contribution is -2.41. The van der Waals surface area contributed by atoms with Crippen molar-refractivity contribution < 1.29 is 9.47 Å². The standard InChI is InChI=1S/C16H20O2.3C2H6/c1-11-4-6-13-8-12-5-7-14(17-3)9-15(12)18-16(13,2)10-11;3*1-2/h5,7-9,11H,4,6,10H2,1-3H3;3*1-2H3/t11-,16-;;;/m0.../s1. The summed E-state index contributed by atoms with van der Waals surface area (Å²) in [4.78, 5) is 0. The molecule has 1 aliphatic carbocycles. The van der Waals surface area contributed by atoms with E-state index < -0.39 is 0 Å². The number of fused-ring (bicyclic) bond motifs is 2. The first-order valence-electron chi connectivity index (χ1n) is 9.69. The molecule has 0 unspecified atom stereocenters. The van der Waals surface area contributed by atoms with E-state index in [9.17, 15) is 0 Å². The number of benzene rings is 1. The molecule has 0 N–H and O–H groups in total. The molecule has 1 aromatic rings. The monoisotopic (exact) mass is 334 g/mol. The van der Waals surface area contributed by atoms with Crippen LogP contribution >= 0.6 is 0 Å². The van der Waals surface area contributed by atoms with Gasteiger partial charge in [-0.05, 0) is 55.9 Å². The predicted octanol–water partition coefficient (Wildman–Crippen LogP) is 7.13. The second kappa shape index (κ2) is 11.2. The van der Waals surface area contributed by atoms with Crippen molar-refractivity contribution in [2.45, 2.75) is 80.3 Å². The predicted molar refractivity (Wildman–Crippen MR) is 107 cm³/mol. The zero-order valence-corrected chi connectivity index (χ0v) is 17.3. The second-order valence-corrected chi connectivity index (χ2v) is 5.75. The maximum Gasteiger partial charge on any atom is 0.131 e. The Morgan fingerprint density at radius 1 is 1.08 bits per heavy atom. The Balaban J connectivity index is 0.000000798. The van der Waals surface area contributed by atoms with Crippen molar-refractivity contribution >= 4 is 6.08 Å². The minimum absolute atomic E-state index is 0.114. The Labute approximate surface area is 150 Å². The lowest BCUT2D eigenvalue weighted by atomic mass is 9.74. The maximum atomic E-state index is 6.29. The first kappa shape index (κ1) is 22.6. The molecule has 3 rings (SSSR count). The van der Waals surface area contributed by atoms with Gasteiger partial charge in [-0.3, -0.25) is 0 Å². The van der Waals surface area contributed by atoms with Crippen molar-refractivity contribution in [2.24, 2.45) is 5.92 Å². The zero-order chi connectivity index (χ0) is 18.8. The Bertz CT molecular complexity index is 505. The Hall–Kier alpha value is -1.44. The fourth-order valence-corrected chi connectivity index (χ4v) is 3.18. The largest absolute Gasteiger partial charge is 0.497 e. The van der Waals surface area contributed by atoms with Gasteiger partial charge in [0.2, 0.25) is 0 Å². The fourth-order valence-electron chi connectivity index (χ4n) is 3.18. The Morgan fingerprint density at radius 2 is 1.71 bits per heavy atom. The van der Waals surface area contributed by atoms with Crippen LogP contribution in [0.5, 0.6) is 11.5 Å². The number of hydrogen-bond donors (Lipinski definition) is 0. The van der Waals surface area contributed by atoms with Crippen LogP contribution in [0.4, 0.5) is 0 Å². The van der Waals surface area contributed by atoms with Gasteiger partial charge >= 0.3 is 0 Å². The van der Waals surface area contributed by atoms with Crippen LogP contribution < -0.4 is 9.47 Å². The third kappa shape index (κ3) is 5.29. The molecule has 1 fully saturated rings. The van der Waals surface area contributed by atoms with Gasteiger partial charge in [-0.1, -0.05) is 48.5 Å².